The molecule has 2 N–H and O–H groups in total. The van der Waals surface area contributed by atoms with Gasteiger partial charge >= 0.3 is 0 Å². The number of carbonyl (C=O) groups excluding carboxylic acids is 3. The van der Waals surface area contributed by atoms with Gasteiger partial charge in [0.05, 0.1) is 11.1 Å². The highest BCUT2D eigenvalue weighted by atomic mass is 19.1. The maximum atomic E-state index is 14.0. The molecule has 0 radical (unpaired) electrons. The molecule has 3 heterocycles. The largest absolute Gasteiger partial charge is 0.367 e. The third kappa shape index (κ3) is 5.19. The van der Waals surface area contributed by atoms with E-state index in [-0.39, 0.29) is 29.5 Å². The van der Waals surface area contributed by atoms with Crippen molar-refractivity contribution in [3.05, 3.63) is 30.1 Å². The number of nitrogens with zero attached hydrogens (tertiary/aromatic N) is 3. The standard InChI is InChI=1S/C25H36FN5O3/c1-18(2)23(33)31-11-8-25(17-31)16-20(28-24(25)34)22(32)27-9-5-10-29-12-14-30(15-13-29)21-7-4-3-6-19(21)26/h3-4,6-7,18,20H,5,8-17H2,1-2H3,(H,27,32)(H,28,34)/t20-,25+/m0/s1. The molecule has 3 aliphatic heterocycles. The van der Waals surface area contributed by atoms with E-state index >= 15 is 0 Å². The number of nitrogens with one attached hydrogen (secondary N) is 2. The van der Waals surface area contributed by atoms with Crippen LogP contribution < -0.4 is 15.5 Å². The van der Waals surface area contributed by atoms with Crippen LogP contribution in [-0.2, 0) is 14.4 Å². The number of benzene rings is 1. The fourth-order valence-electron chi connectivity index (χ4n) is 5.34. The Hall–Kier alpha value is -2.68. The van der Waals surface area contributed by atoms with Crippen molar-refractivity contribution in [1.82, 2.24) is 20.4 Å². The van der Waals surface area contributed by atoms with E-state index in [0.29, 0.717) is 38.2 Å². The molecule has 8 nitrogen and oxygen atoms in total. The summed E-state index contributed by atoms with van der Waals surface area (Å²) in [4.78, 5) is 43.8. The van der Waals surface area contributed by atoms with E-state index in [1.54, 1.807) is 11.0 Å². The minimum absolute atomic E-state index is 0.0623. The maximum Gasteiger partial charge on any atom is 0.242 e. The van der Waals surface area contributed by atoms with Gasteiger partial charge in [0.1, 0.15) is 11.9 Å². The number of amides is 3. The lowest BCUT2D eigenvalue weighted by atomic mass is 9.84. The Bertz CT molecular complexity index is 918. The second-order valence-corrected chi connectivity index (χ2v) is 10.1. The Morgan fingerprint density at radius 2 is 1.91 bits per heavy atom. The number of anilines is 1. The van der Waals surface area contributed by atoms with E-state index in [4.69, 9.17) is 0 Å². The molecule has 9 heteroatoms. The minimum Gasteiger partial charge on any atom is -0.367 e. The Morgan fingerprint density at radius 1 is 1.18 bits per heavy atom. The molecule has 0 aromatic heterocycles. The number of para-hydroxylation sites is 1. The van der Waals surface area contributed by atoms with Gasteiger partial charge in [0.25, 0.3) is 0 Å². The Morgan fingerprint density at radius 3 is 2.62 bits per heavy atom. The van der Waals surface area contributed by atoms with Crippen molar-refractivity contribution < 1.29 is 18.8 Å². The van der Waals surface area contributed by atoms with Crippen LogP contribution in [0.4, 0.5) is 10.1 Å². The third-order valence-electron chi connectivity index (χ3n) is 7.37. The summed E-state index contributed by atoms with van der Waals surface area (Å²) in [7, 11) is 0. The summed E-state index contributed by atoms with van der Waals surface area (Å²) >= 11 is 0. The first kappa shape index (κ1) is 24.4. The first-order valence-corrected chi connectivity index (χ1v) is 12.4. The molecule has 34 heavy (non-hydrogen) atoms. The quantitative estimate of drug-likeness (QED) is 0.582. The molecule has 186 valence electrons. The lowest BCUT2D eigenvalue weighted by molar-refractivity contribution is -0.134. The summed E-state index contributed by atoms with van der Waals surface area (Å²) < 4.78 is 14.0. The molecule has 3 amide bonds. The summed E-state index contributed by atoms with van der Waals surface area (Å²) in [5.41, 5.74) is 0.0227. The molecular formula is C25H36FN5O3. The fourth-order valence-corrected chi connectivity index (χ4v) is 5.34. The van der Waals surface area contributed by atoms with Gasteiger partial charge in [-0.15, -0.1) is 0 Å². The van der Waals surface area contributed by atoms with Gasteiger partial charge in [0, 0.05) is 51.7 Å². The van der Waals surface area contributed by atoms with Crippen LogP contribution in [0.1, 0.15) is 33.1 Å². The molecule has 0 aliphatic carbocycles. The minimum atomic E-state index is -0.634. The molecule has 2 atom stereocenters. The topological polar surface area (TPSA) is 85.0 Å². The van der Waals surface area contributed by atoms with Crippen LogP contribution in [0.2, 0.25) is 0 Å². The highest BCUT2D eigenvalue weighted by Gasteiger charge is 2.53. The van der Waals surface area contributed by atoms with Gasteiger partial charge in [-0.1, -0.05) is 26.0 Å². The monoisotopic (exact) mass is 473 g/mol. The van der Waals surface area contributed by atoms with Crippen LogP contribution in [0.15, 0.2) is 24.3 Å². The van der Waals surface area contributed by atoms with Gasteiger partial charge in [-0.2, -0.15) is 0 Å². The molecule has 0 unspecified atom stereocenters. The van der Waals surface area contributed by atoms with Crippen LogP contribution in [0.3, 0.4) is 0 Å². The Labute approximate surface area is 200 Å². The van der Waals surface area contributed by atoms with Crippen molar-refractivity contribution in [2.75, 3.05) is 57.3 Å². The number of rotatable bonds is 7. The Kier molecular flexibility index (Phi) is 7.40. The summed E-state index contributed by atoms with van der Waals surface area (Å²) in [5, 5.41) is 5.82. The molecule has 4 rings (SSSR count). The zero-order valence-electron chi connectivity index (χ0n) is 20.2. The first-order chi connectivity index (χ1) is 16.3. The second-order valence-electron chi connectivity index (χ2n) is 10.1. The highest BCUT2D eigenvalue weighted by molar-refractivity contribution is 5.95. The highest BCUT2D eigenvalue weighted by Crippen LogP contribution is 2.40. The van der Waals surface area contributed by atoms with Crippen molar-refractivity contribution in [3.63, 3.8) is 0 Å². The van der Waals surface area contributed by atoms with Crippen LogP contribution in [-0.4, -0.2) is 85.9 Å². The number of hydrogen-bond donors (Lipinski definition) is 2. The molecule has 1 aromatic carbocycles. The summed E-state index contributed by atoms with van der Waals surface area (Å²) in [5.74, 6) is -0.479. The van der Waals surface area contributed by atoms with Crippen molar-refractivity contribution >= 4 is 23.4 Å². The lowest BCUT2D eigenvalue weighted by Crippen LogP contribution is -2.47. The van der Waals surface area contributed by atoms with E-state index in [0.717, 1.165) is 39.1 Å². The van der Waals surface area contributed by atoms with E-state index in [2.05, 4.69) is 20.4 Å². The van der Waals surface area contributed by atoms with E-state index in [1.807, 2.05) is 26.0 Å². The smallest absolute Gasteiger partial charge is 0.242 e. The van der Waals surface area contributed by atoms with E-state index in [9.17, 15) is 18.8 Å². The van der Waals surface area contributed by atoms with Gasteiger partial charge in [-0.25, -0.2) is 4.39 Å². The molecular weight excluding hydrogens is 437 g/mol. The number of piperazine rings is 1. The average molecular weight is 474 g/mol. The SMILES string of the molecule is CC(C)C(=O)N1CC[C@@]2(C[C@@H](C(=O)NCCCN3CCN(c4ccccc4F)CC3)NC2=O)C1. The van der Waals surface area contributed by atoms with Gasteiger partial charge in [-0.05, 0) is 37.9 Å². The van der Waals surface area contributed by atoms with Gasteiger partial charge in [-0.3, -0.25) is 19.3 Å². The fraction of sp³-hybridized carbons (Fsp3) is 0.640. The van der Waals surface area contributed by atoms with Gasteiger partial charge in [0.2, 0.25) is 17.7 Å². The van der Waals surface area contributed by atoms with Crippen molar-refractivity contribution in [2.45, 2.75) is 39.2 Å². The van der Waals surface area contributed by atoms with Crippen LogP contribution in [0, 0.1) is 17.2 Å². The van der Waals surface area contributed by atoms with Gasteiger partial charge in [0.15, 0.2) is 0 Å². The predicted molar refractivity (Wildman–Crippen MR) is 128 cm³/mol. The second kappa shape index (κ2) is 10.3. The maximum absolute atomic E-state index is 14.0. The van der Waals surface area contributed by atoms with E-state index in [1.165, 1.54) is 6.07 Å². The van der Waals surface area contributed by atoms with Crippen molar-refractivity contribution in [3.8, 4) is 0 Å². The van der Waals surface area contributed by atoms with E-state index < -0.39 is 11.5 Å². The molecule has 3 aliphatic rings. The lowest BCUT2D eigenvalue weighted by Gasteiger charge is -2.36. The molecule has 0 saturated carbocycles. The summed E-state index contributed by atoms with van der Waals surface area (Å²) in [6.45, 7) is 9.37. The summed E-state index contributed by atoms with van der Waals surface area (Å²) in [6.07, 6.45) is 1.87. The van der Waals surface area contributed by atoms with Crippen LogP contribution in [0.5, 0.6) is 0 Å². The van der Waals surface area contributed by atoms with Crippen LogP contribution >= 0.6 is 0 Å². The third-order valence-corrected chi connectivity index (χ3v) is 7.37. The molecule has 0 bridgehead atoms. The Balaban J connectivity index is 1.16. The summed E-state index contributed by atoms with van der Waals surface area (Å²) in [6, 6.07) is 6.34. The number of halogens is 1. The number of likely N-dealkylation sites (tertiary alicyclic amines) is 1. The molecule has 1 spiro atoms. The zero-order valence-corrected chi connectivity index (χ0v) is 20.2. The number of carbonyl (C=O) groups is 3. The number of hydrogen-bond acceptors (Lipinski definition) is 5. The van der Waals surface area contributed by atoms with Crippen molar-refractivity contribution in [1.29, 1.82) is 0 Å². The molecule has 3 fully saturated rings. The van der Waals surface area contributed by atoms with Crippen LogP contribution in [0.25, 0.3) is 0 Å². The molecule has 3 saturated heterocycles. The first-order valence-electron chi connectivity index (χ1n) is 12.4. The predicted octanol–water partition coefficient (Wildman–Crippen LogP) is 1.22. The molecule has 1 aromatic rings. The normalized spacial score (nSPS) is 25.3. The zero-order chi connectivity index (χ0) is 24.3. The van der Waals surface area contributed by atoms with Gasteiger partial charge < -0.3 is 20.4 Å². The average Bonchev–Trinajstić information content (AvgIpc) is 3.40. The van der Waals surface area contributed by atoms with Crippen molar-refractivity contribution in [2.24, 2.45) is 11.3 Å².